The van der Waals surface area contributed by atoms with Gasteiger partial charge in [-0.1, -0.05) is 0 Å². The van der Waals surface area contributed by atoms with Gasteiger partial charge in [-0.2, -0.15) is 11.8 Å². The van der Waals surface area contributed by atoms with Crippen LogP contribution in [-0.2, 0) is 14.3 Å². The van der Waals surface area contributed by atoms with Crippen molar-refractivity contribution in [2.24, 2.45) is 5.73 Å². The quantitative estimate of drug-likeness (QED) is 0.697. The predicted molar refractivity (Wildman–Crippen MR) is 76.3 cm³/mol. The van der Waals surface area contributed by atoms with Crippen molar-refractivity contribution in [1.29, 1.82) is 0 Å². The zero-order chi connectivity index (χ0) is 13.6. The average Bonchev–Trinajstić information content (AvgIpc) is 2.39. The van der Waals surface area contributed by atoms with Crippen molar-refractivity contribution in [2.45, 2.75) is 37.3 Å². The molecule has 1 unspecified atom stereocenters. The van der Waals surface area contributed by atoms with Gasteiger partial charge in [0.05, 0.1) is 12.2 Å². The molecule has 1 atom stereocenters. The van der Waals surface area contributed by atoms with E-state index in [0.717, 1.165) is 26.0 Å². The molecule has 2 saturated heterocycles. The third kappa shape index (κ3) is 4.95. The summed E-state index contributed by atoms with van der Waals surface area (Å²) in [6.45, 7) is 2.16. The van der Waals surface area contributed by atoms with Gasteiger partial charge in [0.1, 0.15) is 6.61 Å². The number of amides is 1. The van der Waals surface area contributed by atoms with Gasteiger partial charge in [-0.05, 0) is 37.2 Å². The first kappa shape index (κ1) is 15.1. The van der Waals surface area contributed by atoms with E-state index in [1.165, 1.54) is 24.3 Å². The van der Waals surface area contributed by atoms with Gasteiger partial charge in [0.15, 0.2) is 0 Å². The molecule has 6 heteroatoms. The summed E-state index contributed by atoms with van der Waals surface area (Å²) in [4.78, 5) is 10.5. The zero-order valence-electron chi connectivity index (χ0n) is 11.4. The molecule has 2 fully saturated rings. The molecule has 2 heterocycles. The highest BCUT2D eigenvalue weighted by atomic mass is 32.2. The minimum Gasteiger partial charge on any atom is -0.375 e. The molecule has 1 spiro atoms. The van der Waals surface area contributed by atoms with Gasteiger partial charge in [-0.3, -0.25) is 4.79 Å². The third-order valence-corrected chi connectivity index (χ3v) is 4.81. The summed E-state index contributed by atoms with van der Waals surface area (Å²) in [5.41, 5.74) is 5.13. The van der Waals surface area contributed by atoms with Crippen molar-refractivity contribution in [3.8, 4) is 0 Å². The Morgan fingerprint density at radius 3 is 3.00 bits per heavy atom. The zero-order valence-corrected chi connectivity index (χ0v) is 12.2. The minimum atomic E-state index is -0.412. The molecule has 0 saturated carbocycles. The van der Waals surface area contributed by atoms with E-state index >= 15 is 0 Å². The standard InChI is InChI=1S/C13H24N2O3S/c14-12(16)10-17-6-4-15-11-1-5-18-13(9-11)2-7-19-8-3-13/h11,15H,1-10H2,(H2,14,16). The number of carbonyl (C=O) groups excluding carboxylic acids is 1. The lowest BCUT2D eigenvalue weighted by molar-refractivity contribution is -0.122. The fourth-order valence-electron chi connectivity index (χ4n) is 2.80. The van der Waals surface area contributed by atoms with Gasteiger partial charge in [-0.15, -0.1) is 0 Å². The maximum absolute atomic E-state index is 10.5. The number of thioether (sulfide) groups is 1. The first-order valence-corrected chi connectivity index (χ1v) is 8.17. The van der Waals surface area contributed by atoms with Crippen LogP contribution in [0.4, 0.5) is 0 Å². The number of hydrogen-bond acceptors (Lipinski definition) is 5. The highest BCUT2D eigenvalue weighted by Crippen LogP contribution is 2.37. The van der Waals surface area contributed by atoms with E-state index < -0.39 is 5.91 Å². The van der Waals surface area contributed by atoms with Crippen molar-refractivity contribution in [3.63, 3.8) is 0 Å². The van der Waals surface area contributed by atoms with Gasteiger partial charge >= 0.3 is 0 Å². The van der Waals surface area contributed by atoms with Gasteiger partial charge < -0.3 is 20.5 Å². The topological polar surface area (TPSA) is 73.6 Å². The SMILES string of the molecule is NC(=O)COCCNC1CCOC2(CCSCC2)C1. The maximum atomic E-state index is 10.5. The molecule has 0 radical (unpaired) electrons. The van der Waals surface area contributed by atoms with Crippen molar-refractivity contribution in [2.75, 3.05) is 37.9 Å². The Morgan fingerprint density at radius 1 is 1.47 bits per heavy atom. The second kappa shape index (κ2) is 7.47. The molecule has 5 nitrogen and oxygen atoms in total. The van der Waals surface area contributed by atoms with Crippen LogP contribution in [0.25, 0.3) is 0 Å². The molecule has 0 aromatic carbocycles. The van der Waals surface area contributed by atoms with Crippen molar-refractivity contribution in [1.82, 2.24) is 5.32 Å². The second-order valence-corrected chi connectivity index (χ2v) is 6.53. The van der Waals surface area contributed by atoms with E-state index in [1.54, 1.807) is 0 Å². The van der Waals surface area contributed by atoms with Crippen LogP contribution < -0.4 is 11.1 Å². The second-order valence-electron chi connectivity index (χ2n) is 5.31. The van der Waals surface area contributed by atoms with Crippen molar-refractivity contribution < 1.29 is 14.3 Å². The molecule has 0 bridgehead atoms. The molecule has 0 aromatic rings. The maximum Gasteiger partial charge on any atom is 0.243 e. The van der Waals surface area contributed by atoms with Crippen LogP contribution in [-0.4, -0.2) is 55.4 Å². The number of primary amides is 1. The van der Waals surface area contributed by atoms with E-state index in [-0.39, 0.29) is 12.2 Å². The van der Waals surface area contributed by atoms with Gasteiger partial charge in [0.25, 0.3) is 0 Å². The van der Waals surface area contributed by atoms with E-state index in [1.807, 2.05) is 11.8 Å². The summed E-state index contributed by atoms with van der Waals surface area (Å²) in [6, 6.07) is 0.508. The average molecular weight is 288 g/mol. The molecule has 3 N–H and O–H groups in total. The number of ether oxygens (including phenoxy) is 2. The Balaban J connectivity index is 1.65. The van der Waals surface area contributed by atoms with E-state index in [4.69, 9.17) is 15.2 Å². The van der Waals surface area contributed by atoms with Crippen LogP contribution in [0, 0.1) is 0 Å². The van der Waals surface area contributed by atoms with Crippen LogP contribution >= 0.6 is 11.8 Å². The van der Waals surface area contributed by atoms with Crippen LogP contribution in [0.1, 0.15) is 25.7 Å². The number of rotatable bonds is 6. The summed E-state index contributed by atoms with van der Waals surface area (Å²) in [5.74, 6) is 2.02. The van der Waals surface area contributed by atoms with E-state index in [0.29, 0.717) is 12.6 Å². The molecule has 1 amide bonds. The first-order chi connectivity index (χ1) is 9.20. The first-order valence-electron chi connectivity index (χ1n) is 7.01. The predicted octanol–water partition coefficient (Wildman–Crippen LogP) is 0.523. The monoisotopic (exact) mass is 288 g/mol. The smallest absolute Gasteiger partial charge is 0.243 e. The van der Waals surface area contributed by atoms with Gasteiger partial charge in [-0.25, -0.2) is 0 Å². The molecule has 2 aliphatic rings. The highest BCUT2D eigenvalue weighted by Gasteiger charge is 2.38. The van der Waals surface area contributed by atoms with Crippen LogP contribution in [0.3, 0.4) is 0 Å². The normalized spacial score (nSPS) is 26.4. The Kier molecular flexibility index (Phi) is 5.94. The fourth-order valence-corrected chi connectivity index (χ4v) is 4.04. The summed E-state index contributed by atoms with van der Waals surface area (Å²) in [7, 11) is 0. The number of hydrogen-bond donors (Lipinski definition) is 2. The molecule has 0 aliphatic carbocycles. The van der Waals surface area contributed by atoms with Crippen molar-refractivity contribution >= 4 is 17.7 Å². The molecular formula is C13H24N2O3S. The molecule has 2 aliphatic heterocycles. The summed E-state index contributed by atoms with van der Waals surface area (Å²) in [5, 5.41) is 3.50. The fraction of sp³-hybridized carbons (Fsp3) is 0.923. The minimum absolute atomic E-state index is 0.0105. The lowest BCUT2D eigenvalue weighted by Crippen LogP contribution is -2.49. The van der Waals surface area contributed by atoms with Crippen LogP contribution in [0.15, 0.2) is 0 Å². The molecule has 19 heavy (non-hydrogen) atoms. The number of nitrogens with two attached hydrogens (primary N) is 1. The Labute approximate surface area is 119 Å². The lowest BCUT2D eigenvalue weighted by atomic mass is 9.85. The largest absolute Gasteiger partial charge is 0.375 e. The Hall–Kier alpha value is -0.300. The van der Waals surface area contributed by atoms with E-state index in [2.05, 4.69) is 5.32 Å². The molecular weight excluding hydrogens is 264 g/mol. The molecule has 2 rings (SSSR count). The van der Waals surface area contributed by atoms with Crippen LogP contribution in [0.5, 0.6) is 0 Å². The highest BCUT2D eigenvalue weighted by molar-refractivity contribution is 7.99. The summed E-state index contributed by atoms with van der Waals surface area (Å²) in [6.07, 6.45) is 4.51. The van der Waals surface area contributed by atoms with E-state index in [9.17, 15) is 4.79 Å². The third-order valence-electron chi connectivity index (χ3n) is 3.82. The summed E-state index contributed by atoms with van der Waals surface area (Å²) >= 11 is 2.03. The van der Waals surface area contributed by atoms with Crippen molar-refractivity contribution in [3.05, 3.63) is 0 Å². The Morgan fingerprint density at radius 2 is 2.26 bits per heavy atom. The molecule has 110 valence electrons. The lowest BCUT2D eigenvalue weighted by Gasteiger charge is -2.43. The summed E-state index contributed by atoms with van der Waals surface area (Å²) < 4.78 is 11.2. The van der Waals surface area contributed by atoms with Gasteiger partial charge in [0.2, 0.25) is 5.91 Å². The van der Waals surface area contributed by atoms with Gasteiger partial charge in [0, 0.05) is 19.2 Å². The number of nitrogens with one attached hydrogen (secondary N) is 1. The number of carbonyl (C=O) groups is 1. The van der Waals surface area contributed by atoms with Crippen LogP contribution in [0.2, 0.25) is 0 Å². The molecule has 0 aromatic heterocycles. The Bertz CT molecular complexity index is 290.